The summed E-state index contributed by atoms with van der Waals surface area (Å²) in [6, 6.07) is 7.20. The monoisotopic (exact) mass is 291 g/mol. The first-order valence-electron chi connectivity index (χ1n) is 7.15. The lowest BCUT2D eigenvalue weighted by Crippen LogP contribution is -2.06. The minimum Gasteiger partial charge on any atom is -0.484 e. The van der Waals surface area contributed by atoms with E-state index in [4.69, 9.17) is 19.7 Å². The van der Waals surface area contributed by atoms with Gasteiger partial charge in [-0.25, -0.2) is 0 Å². The zero-order valence-electron chi connectivity index (χ0n) is 12.4. The Morgan fingerprint density at radius 1 is 1.33 bits per heavy atom. The van der Waals surface area contributed by atoms with Crippen LogP contribution in [0.15, 0.2) is 28.8 Å². The smallest absolute Gasteiger partial charge is 0.264 e. The molecule has 0 bridgehead atoms. The van der Waals surface area contributed by atoms with Crippen LogP contribution in [-0.2, 0) is 11.3 Å². The quantitative estimate of drug-likeness (QED) is 0.752. The molecule has 2 rings (SSSR count). The van der Waals surface area contributed by atoms with Gasteiger partial charge >= 0.3 is 0 Å². The van der Waals surface area contributed by atoms with E-state index in [1.807, 2.05) is 19.1 Å². The number of ether oxygens (including phenoxy) is 2. The summed E-state index contributed by atoms with van der Waals surface area (Å²) in [7, 11) is 0. The number of hydrogen-bond donors (Lipinski definition) is 1. The van der Waals surface area contributed by atoms with E-state index in [2.05, 4.69) is 17.1 Å². The van der Waals surface area contributed by atoms with Crippen molar-refractivity contribution in [3.05, 3.63) is 36.0 Å². The first kappa shape index (κ1) is 15.3. The Bertz CT molecular complexity index is 551. The van der Waals surface area contributed by atoms with E-state index in [0.29, 0.717) is 29.8 Å². The number of nitrogens with zero attached hydrogens (tertiary/aromatic N) is 2. The summed E-state index contributed by atoms with van der Waals surface area (Å²) in [5, 5.41) is 3.97. The molecule has 114 valence electrons. The number of anilines is 1. The molecular formula is C15H21N3O3. The molecule has 21 heavy (non-hydrogen) atoms. The number of benzene rings is 1. The van der Waals surface area contributed by atoms with Crippen LogP contribution < -0.4 is 10.5 Å². The summed E-state index contributed by atoms with van der Waals surface area (Å²) in [6.45, 7) is 4.87. The Kier molecular flexibility index (Phi) is 5.57. The molecule has 2 N–H and O–H groups in total. The molecule has 0 radical (unpaired) electrons. The fourth-order valence-electron chi connectivity index (χ4n) is 1.96. The topological polar surface area (TPSA) is 83.4 Å². The third-order valence-electron chi connectivity index (χ3n) is 2.91. The van der Waals surface area contributed by atoms with Gasteiger partial charge in [-0.15, -0.1) is 0 Å². The Morgan fingerprint density at radius 2 is 2.19 bits per heavy atom. The number of nitrogens with two attached hydrogens (primary N) is 1. The highest BCUT2D eigenvalue weighted by atomic mass is 16.5. The summed E-state index contributed by atoms with van der Waals surface area (Å²) in [6.07, 6.45) is 1.74. The van der Waals surface area contributed by atoms with E-state index in [1.165, 1.54) is 0 Å². The summed E-state index contributed by atoms with van der Waals surface area (Å²) in [4.78, 5) is 4.33. The fraction of sp³-hybridized carbons (Fsp3) is 0.467. The maximum atomic E-state index is 5.69. The van der Waals surface area contributed by atoms with Gasteiger partial charge in [0.15, 0.2) is 6.61 Å². The van der Waals surface area contributed by atoms with Crippen molar-refractivity contribution in [1.82, 2.24) is 10.1 Å². The Hall–Kier alpha value is -2.08. The van der Waals surface area contributed by atoms with Crippen LogP contribution in [0.3, 0.4) is 0 Å². The lowest BCUT2D eigenvalue weighted by molar-refractivity contribution is 0.0477. The van der Waals surface area contributed by atoms with Crippen molar-refractivity contribution in [2.45, 2.75) is 39.4 Å². The van der Waals surface area contributed by atoms with Crippen LogP contribution in [0.2, 0.25) is 0 Å². The molecule has 0 saturated heterocycles. The second-order valence-electron chi connectivity index (χ2n) is 4.64. The highest BCUT2D eigenvalue weighted by molar-refractivity contribution is 5.43. The molecule has 2 aromatic rings. The van der Waals surface area contributed by atoms with Crippen LogP contribution >= 0.6 is 0 Å². The van der Waals surface area contributed by atoms with Crippen LogP contribution in [0.4, 0.5) is 5.69 Å². The third-order valence-corrected chi connectivity index (χ3v) is 2.91. The number of rotatable bonds is 8. The van der Waals surface area contributed by atoms with Gasteiger partial charge in [0.2, 0.25) is 5.82 Å². The standard InChI is InChI=1S/C15H21N3O3/c1-3-6-13(19-4-2)15-17-14(21-18-15)10-20-12-8-5-7-11(16)9-12/h5,7-9,13H,3-4,6,10,16H2,1-2H3. The third kappa shape index (κ3) is 4.46. The molecule has 0 aliphatic heterocycles. The molecular weight excluding hydrogens is 270 g/mol. The number of aromatic nitrogens is 2. The van der Waals surface area contributed by atoms with Crippen LogP contribution in [0.5, 0.6) is 5.75 Å². The van der Waals surface area contributed by atoms with Crippen LogP contribution in [0, 0.1) is 0 Å². The Labute approximate surface area is 124 Å². The van der Waals surface area contributed by atoms with Gasteiger partial charge in [-0.2, -0.15) is 4.98 Å². The van der Waals surface area contributed by atoms with Gasteiger partial charge < -0.3 is 19.7 Å². The molecule has 0 spiro atoms. The second-order valence-corrected chi connectivity index (χ2v) is 4.64. The van der Waals surface area contributed by atoms with Gasteiger partial charge in [-0.1, -0.05) is 24.6 Å². The zero-order chi connectivity index (χ0) is 15.1. The van der Waals surface area contributed by atoms with Crippen LogP contribution in [0.25, 0.3) is 0 Å². The molecule has 1 atom stereocenters. The molecule has 1 heterocycles. The fourth-order valence-corrected chi connectivity index (χ4v) is 1.96. The molecule has 0 amide bonds. The Morgan fingerprint density at radius 3 is 2.90 bits per heavy atom. The molecule has 0 saturated carbocycles. The second kappa shape index (κ2) is 7.64. The lowest BCUT2D eigenvalue weighted by Gasteiger charge is -2.11. The van der Waals surface area contributed by atoms with Crippen molar-refractivity contribution in [3.63, 3.8) is 0 Å². The van der Waals surface area contributed by atoms with E-state index in [1.54, 1.807) is 12.1 Å². The SMILES string of the molecule is CCCC(OCC)c1noc(COc2cccc(N)c2)n1. The molecule has 0 aliphatic carbocycles. The maximum absolute atomic E-state index is 5.69. The summed E-state index contributed by atoms with van der Waals surface area (Å²) >= 11 is 0. The molecule has 0 aliphatic rings. The van der Waals surface area contributed by atoms with E-state index in [-0.39, 0.29) is 12.7 Å². The number of nitrogen functional groups attached to an aromatic ring is 1. The minimum absolute atomic E-state index is 0.120. The van der Waals surface area contributed by atoms with Crippen molar-refractivity contribution in [3.8, 4) is 5.75 Å². The van der Waals surface area contributed by atoms with E-state index >= 15 is 0 Å². The summed E-state index contributed by atoms with van der Waals surface area (Å²) in [5.74, 6) is 1.67. The maximum Gasteiger partial charge on any atom is 0.264 e. The van der Waals surface area contributed by atoms with E-state index in [9.17, 15) is 0 Å². The zero-order valence-corrected chi connectivity index (χ0v) is 12.4. The predicted octanol–water partition coefficient (Wildman–Crippen LogP) is 3.11. The molecule has 1 aromatic heterocycles. The first-order valence-corrected chi connectivity index (χ1v) is 7.15. The van der Waals surface area contributed by atoms with Gasteiger partial charge in [0.25, 0.3) is 5.89 Å². The highest BCUT2D eigenvalue weighted by Crippen LogP contribution is 2.21. The number of hydrogen-bond acceptors (Lipinski definition) is 6. The van der Waals surface area contributed by atoms with E-state index in [0.717, 1.165) is 12.8 Å². The molecule has 6 nitrogen and oxygen atoms in total. The van der Waals surface area contributed by atoms with Gasteiger partial charge in [-0.3, -0.25) is 0 Å². The minimum atomic E-state index is -0.120. The molecule has 6 heteroatoms. The van der Waals surface area contributed by atoms with Crippen molar-refractivity contribution in [2.75, 3.05) is 12.3 Å². The molecule has 1 aromatic carbocycles. The van der Waals surface area contributed by atoms with Crippen molar-refractivity contribution in [2.24, 2.45) is 0 Å². The van der Waals surface area contributed by atoms with Gasteiger partial charge in [0, 0.05) is 18.4 Å². The largest absolute Gasteiger partial charge is 0.484 e. The van der Waals surface area contributed by atoms with Crippen molar-refractivity contribution >= 4 is 5.69 Å². The highest BCUT2D eigenvalue weighted by Gasteiger charge is 2.18. The van der Waals surface area contributed by atoms with Crippen LogP contribution in [-0.4, -0.2) is 16.7 Å². The predicted molar refractivity (Wildman–Crippen MR) is 78.8 cm³/mol. The first-order chi connectivity index (χ1) is 10.2. The van der Waals surface area contributed by atoms with E-state index < -0.39 is 0 Å². The van der Waals surface area contributed by atoms with Crippen molar-refractivity contribution < 1.29 is 14.0 Å². The summed E-state index contributed by atoms with van der Waals surface area (Å²) in [5.41, 5.74) is 6.34. The van der Waals surface area contributed by atoms with Gasteiger partial charge in [0.05, 0.1) is 0 Å². The van der Waals surface area contributed by atoms with Crippen LogP contribution in [0.1, 0.15) is 44.5 Å². The molecule has 0 fully saturated rings. The lowest BCUT2D eigenvalue weighted by atomic mass is 10.2. The van der Waals surface area contributed by atoms with Crippen molar-refractivity contribution in [1.29, 1.82) is 0 Å². The van der Waals surface area contributed by atoms with Gasteiger partial charge in [0.1, 0.15) is 11.9 Å². The Balaban J connectivity index is 1.96. The van der Waals surface area contributed by atoms with Gasteiger partial charge in [-0.05, 0) is 25.5 Å². The normalized spacial score (nSPS) is 12.3. The average Bonchev–Trinajstić information content (AvgIpc) is 2.94. The average molecular weight is 291 g/mol. The molecule has 1 unspecified atom stereocenters. The summed E-state index contributed by atoms with van der Waals surface area (Å²) < 4.78 is 16.4.